The first-order valence-electron chi connectivity index (χ1n) is 8.17. The number of carbonyl (C=O) groups excluding carboxylic acids is 2. The van der Waals surface area contributed by atoms with Crippen molar-refractivity contribution in [3.8, 4) is 0 Å². The van der Waals surface area contributed by atoms with Crippen molar-refractivity contribution in [1.29, 1.82) is 0 Å². The third kappa shape index (κ3) is 4.23. The van der Waals surface area contributed by atoms with Crippen molar-refractivity contribution < 1.29 is 9.59 Å². The molecule has 0 radical (unpaired) electrons. The molecule has 0 atom stereocenters. The number of H-pyrrole nitrogens is 1. The Kier molecular flexibility index (Phi) is 5.08. The van der Waals surface area contributed by atoms with Crippen LogP contribution in [0.3, 0.4) is 0 Å². The van der Waals surface area contributed by atoms with Crippen LogP contribution in [0.15, 0.2) is 36.7 Å². The van der Waals surface area contributed by atoms with Crippen LogP contribution < -0.4 is 10.6 Å². The first kappa shape index (κ1) is 16.7. The molecule has 0 bridgehead atoms. The third-order valence-electron chi connectivity index (χ3n) is 3.82. The second-order valence-electron chi connectivity index (χ2n) is 5.66. The quantitative estimate of drug-likeness (QED) is 0.605. The van der Waals surface area contributed by atoms with Gasteiger partial charge in [-0.3, -0.25) is 9.59 Å². The molecule has 0 spiro atoms. The van der Waals surface area contributed by atoms with E-state index in [4.69, 9.17) is 0 Å². The van der Waals surface area contributed by atoms with Crippen LogP contribution in [-0.4, -0.2) is 38.3 Å². The normalized spacial score (nSPS) is 10.8. The number of fused-ring (bicyclic) bond motifs is 1. The fraction of sp³-hybridized carbons (Fsp3) is 0.294. The summed E-state index contributed by atoms with van der Waals surface area (Å²) in [4.78, 5) is 26.5. The Hall–Kier alpha value is -3.16. The van der Waals surface area contributed by atoms with Crippen molar-refractivity contribution in [3.05, 3.63) is 42.2 Å². The van der Waals surface area contributed by atoms with E-state index in [-0.39, 0.29) is 18.4 Å². The summed E-state index contributed by atoms with van der Waals surface area (Å²) in [6.07, 6.45) is 4.61. The molecular weight excluding hydrogens is 320 g/mol. The number of amides is 2. The van der Waals surface area contributed by atoms with Gasteiger partial charge in [-0.15, -0.1) is 5.10 Å². The molecule has 3 rings (SSSR count). The number of benzene rings is 1. The molecule has 3 aromatic rings. The molecule has 8 nitrogen and oxygen atoms in total. The van der Waals surface area contributed by atoms with Gasteiger partial charge >= 0.3 is 0 Å². The number of carbonyl (C=O) groups is 2. The maximum atomic E-state index is 12.0. The molecule has 2 aromatic heterocycles. The number of hydrogen-bond donors (Lipinski definition) is 3. The van der Waals surface area contributed by atoms with E-state index in [0.717, 1.165) is 11.9 Å². The largest absolute Gasteiger partial charge is 0.361 e. The van der Waals surface area contributed by atoms with Crippen molar-refractivity contribution in [1.82, 2.24) is 25.3 Å². The molecule has 0 aliphatic carbocycles. The lowest BCUT2D eigenvalue weighted by atomic mass is 10.1. The summed E-state index contributed by atoms with van der Waals surface area (Å²) in [5.74, 6) is 0.0479. The standard InChI is InChI=1S/C17H20N6O2/c1-2-16(24)20-15-10-23(22-21-15)11-17(25)18-8-7-12-9-19-14-6-4-3-5-13(12)14/h3-6,9-10,19H,2,7-8,11H2,1H3,(H,18,25)(H,20,24). The fourth-order valence-corrected chi connectivity index (χ4v) is 2.54. The van der Waals surface area contributed by atoms with Crippen molar-refractivity contribution in [2.75, 3.05) is 11.9 Å². The number of aromatic amines is 1. The lowest BCUT2D eigenvalue weighted by Crippen LogP contribution is -2.29. The van der Waals surface area contributed by atoms with E-state index >= 15 is 0 Å². The van der Waals surface area contributed by atoms with Gasteiger partial charge in [0.15, 0.2) is 5.82 Å². The molecular formula is C17H20N6O2. The second-order valence-corrected chi connectivity index (χ2v) is 5.66. The van der Waals surface area contributed by atoms with E-state index in [1.165, 1.54) is 21.8 Å². The van der Waals surface area contributed by atoms with Gasteiger partial charge in [0.2, 0.25) is 11.8 Å². The highest BCUT2D eigenvalue weighted by molar-refractivity contribution is 5.89. The van der Waals surface area contributed by atoms with E-state index in [1.807, 2.05) is 24.4 Å². The maximum absolute atomic E-state index is 12.0. The summed E-state index contributed by atoms with van der Waals surface area (Å²) in [5, 5.41) is 14.3. The fourth-order valence-electron chi connectivity index (χ4n) is 2.54. The SMILES string of the molecule is CCC(=O)Nc1cn(CC(=O)NCCc2c[nH]c3ccccc23)nn1. The van der Waals surface area contributed by atoms with Gasteiger partial charge in [-0.25, -0.2) is 4.68 Å². The van der Waals surface area contributed by atoms with Crippen LogP contribution in [-0.2, 0) is 22.6 Å². The summed E-state index contributed by atoms with van der Waals surface area (Å²) in [6.45, 7) is 2.35. The van der Waals surface area contributed by atoms with E-state index in [2.05, 4.69) is 32.0 Å². The van der Waals surface area contributed by atoms with Crippen LogP contribution >= 0.6 is 0 Å². The summed E-state index contributed by atoms with van der Waals surface area (Å²) in [6, 6.07) is 8.07. The van der Waals surface area contributed by atoms with Gasteiger partial charge in [0.1, 0.15) is 6.54 Å². The highest BCUT2D eigenvalue weighted by atomic mass is 16.2. The third-order valence-corrected chi connectivity index (χ3v) is 3.82. The van der Waals surface area contributed by atoms with Crippen molar-refractivity contribution >= 4 is 28.5 Å². The predicted octanol–water partition coefficient (Wildman–Crippen LogP) is 1.47. The van der Waals surface area contributed by atoms with E-state index in [0.29, 0.717) is 18.8 Å². The minimum absolute atomic E-state index is 0.0584. The van der Waals surface area contributed by atoms with Crippen LogP contribution in [0, 0.1) is 0 Å². The molecule has 3 N–H and O–H groups in total. The molecule has 8 heteroatoms. The Balaban J connectivity index is 1.47. The monoisotopic (exact) mass is 340 g/mol. The van der Waals surface area contributed by atoms with Crippen molar-refractivity contribution in [3.63, 3.8) is 0 Å². The lowest BCUT2D eigenvalue weighted by molar-refractivity contribution is -0.121. The minimum Gasteiger partial charge on any atom is -0.361 e. The summed E-state index contributed by atoms with van der Waals surface area (Å²) in [7, 11) is 0. The lowest BCUT2D eigenvalue weighted by Gasteiger charge is -2.04. The molecule has 0 aliphatic heterocycles. The number of anilines is 1. The average Bonchev–Trinajstić information content (AvgIpc) is 3.22. The molecule has 0 saturated heterocycles. The van der Waals surface area contributed by atoms with Crippen molar-refractivity contribution in [2.24, 2.45) is 0 Å². The first-order chi connectivity index (χ1) is 12.2. The molecule has 1 aromatic carbocycles. The first-order valence-corrected chi connectivity index (χ1v) is 8.17. The summed E-state index contributed by atoms with van der Waals surface area (Å²) >= 11 is 0. The Morgan fingerprint density at radius 3 is 2.92 bits per heavy atom. The zero-order valence-electron chi connectivity index (χ0n) is 14.0. The number of nitrogens with one attached hydrogen (secondary N) is 3. The zero-order valence-corrected chi connectivity index (χ0v) is 14.0. The molecule has 2 amide bonds. The molecule has 130 valence electrons. The van der Waals surface area contributed by atoms with Crippen LogP contribution in [0.5, 0.6) is 0 Å². The van der Waals surface area contributed by atoms with Gasteiger partial charge < -0.3 is 15.6 Å². The van der Waals surface area contributed by atoms with Gasteiger partial charge in [-0.1, -0.05) is 30.3 Å². The number of nitrogens with zero attached hydrogens (tertiary/aromatic N) is 3. The maximum Gasteiger partial charge on any atom is 0.241 e. The number of para-hydroxylation sites is 1. The Labute approximate surface area is 144 Å². The van der Waals surface area contributed by atoms with E-state index in [9.17, 15) is 9.59 Å². The van der Waals surface area contributed by atoms with Crippen LogP contribution in [0.2, 0.25) is 0 Å². The Bertz CT molecular complexity index is 882. The van der Waals surface area contributed by atoms with E-state index in [1.54, 1.807) is 6.92 Å². The Morgan fingerprint density at radius 1 is 1.24 bits per heavy atom. The zero-order chi connectivity index (χ0) is 17.6. The summed E-state index contributed by atoms with van der Waals surface area (Å²) < 4.78 is 1.40. The van der Waals surface area contributed by atoms with Gasteiger partial charge in [-0.2, -0.15) is 0 Å². The number of aromatic nitrogens is 4. The van der Waals surface area contributed by atoms with Crippen LogP contribution in [0.1, 0.15) is 18.9 Å². The smallest absolute Gasteiger partial charge is 0.241 e. The highest BCUT2D eigenvalue weighted by Gasteiger charge is 2.08. The molecule has 2 heterocycles. The Morgan fingerprint density at radius 2 is 2.08 bits per heavy atom. The van der Waals surface area contributed by atoms with Crippen LogP contribution in [0.4, 0.5) is 5.82 Å². The van der Waals surface area contributed by atoms with Gasteiger partial charge in [-0.05, 0) is 18.1 Å². The molecule has 0 fully saturated rings. The van der Waals surface area contributed by atoms with Gasteiger partial charge in [0.25, 0.3) is 0 Å². The molecule has 25 heavy (non-hydrogen) atoms. The molecule has 0 saturated carbocycles. The van der Waals surface area contributed by atoms with Gasteiger partial charge in [0.05, 0.1) is 6.20 Å². The highest BCUT2D eigenvalue weighted by Crippen LogP contribution is 2.17. The molecule has 0 aliphatic rings. The van der Waals surface area contributed by atoms with Crippen LogP contribution in [0.25, 0.3) is 10.9 Å². The topological polar surface area (TPSA) is 105 Å². The minimum atomic E-state index is -0.155. The predicted molar refractivity (Wildman–Crippen MR) is 94.0 cm³/mol. The molecule has 0 unspecified atom stereocenters. The number of hydrogen-bond acceptors (Lipinski definition) is 4. The van der Waals surface area contributed by atoms with Crippen molar-refractivity contribution in [2.45, 2.75) is 26.3 Å². The van der Waals surface area contributed by atoms with Gasteiger partial charge in [0, 0.05) is 30.1 Å². The number of rotatable bonds is 7. The second kappa shape index (κ2) is 7.61. The average molecular weight is 340 g/mol. The van der Waals surface area contributed by atoms with E-state index < -0.39 is 0 Å². The summed E-state index contributed by atoms with van der Waals surface area (Å²) in [5.41, 5.74) is 2.26.